The molecule has 0 unspecified atom stereocenters. The van der Waals surface area contributed by atoms with Gasteiger partial charge in [0.15, 0.2) is 0 Å². The van der Waals surface area contributed by atoms with Gasteiger partial charge in [-0.15, -0.1) is 10.2 Å². The van der Waals surface area contributed by atoms with Crippen LogP contribution in [0.5, 0.6) is 0 Å². The van der Waals surface area contributed by atoms with E-state index in [0.29, 0.717) is 28.0 Å². The van der Waals surface area contributed by atoms with Crippen LogP contribution in [-0.4, -0.2) is 35.7 Å². The third-order valence-electron chi connectivity index (χ3n) is 4.47. The molecule has 0 atom stereocenters. The third kappa shape index (κ3) is 3.62. The van der Waals surface area contributed by atoms with E-state index in [2.05, 4.69) is 25.7 Å². The van der Waals surface area contributed by atoms with E-state index in [-0.39, 0.29) is 17.5 Å². The molecule has 2 heterocycles. The number of nitrogens with zero attached hydrogens (tertiary/aromatic N) is 6. The van der Waals surface area contributed by atoms with Gasteiger partial charge in [0.05, 0.1) is 23.3 Å². The molecule has 2 aromatic heterocycles. The fourth-order valence-electron chi connectivity index (χ4n) is 2.82. The molecule has 4 aromatic rings. The zero-order valence-corrected chi connectivity index (χ0v) is 16.2. The molecule has 9 heteroatoms. The largest absolute Gasteiger partial charge is 0.322 e. The number of hydrogen-bond acceptors (Lipinski definition) is 6. The second-order valence-corrected chi connectivity index (χ2v) is 6.95. The van der Waals surface area contributed by atoms with Gasteiger partial charge in [0, 0.05) is 23.9 Å². The van der Waals surface area contributed by atoms with Gasteiger partial charge in [0.2, 0.25) is 5.82 Å². The van der Waals surface area contributed by atoms with Gasteiger partial charge in [-0.25, -0.2) is 4.98 Å². The predicted molar refractivity (Wildman–Crippen MR) is 109 cm³/mol. The Labute approximate surface area is 166 Å². The van der Waals surface area contributed by atoms with Crippen molar-refractivity contribution in [3.05, 3.63) is 64.7 Å². The molecule has 9 nitrogen and oxygen atoms in total. The van der Waals surface area contributed by atoms with E-state index in [0.717, 1.165) is 5.56 Å². The van der Waals surface area contributed by atoms with Crippen molar-refractivity contribution in [1.82, 2.24) is 29.8 Å². The van der Waals surface area contributed by atoms with Crippen LogP contribution in [0.1, 0.15) is 30.2 Å². The fourth-order valence-corrected chi connectivity index (χ4v) is 2.82. The molecule has 4 rings (SSSR count). The maximum atomic E-state index is 12.6. The minimum atomic E-state index is -0.282. The van der Waals surface area contributed by atoms with E-state index in [1.165, 1.54) is 15.7 Å². The number of tetrazole rings is 1. The molecule has 0 saturated carbocycles. The minimum absolute atomic E-state index is 0.121. The van der Waals surface area contributed by atoms with Gasteiger partial charge in [0.25, 0.3) is 11.5 Å². The highest BCUT2D eigenvalue weighted by Gasteiger charge is 2.11. The lowest BCUT2D eigenvalue weighted by molar-refractivity contribution is 0.102. The molecule has 1 N–H and O–H groups in total. The Morgan fingerprint density at radius 3 is 2.55 bits per heavy atom. The van der Waals surface area contributed by atoms with Gasteiger partial charge >= 0.3 is 0 Å². The number of rotatable bonds is 4. The van der Waals surface area contributed by atoms with E-state index in [1.807, 2.05) is 13.8 Å². The number of carbonyl (C=O) groups is 1. The van der Waals surface area contributed by atoms with Crippen molar-refractivity contribution < 1.29 is 4.79 Å². The van der Waals surface area contributed by atoms with Crippen molar-refractivity contribution in [2.75, 3.05) is 5.32 Å². The smallest absolute Gasteiger partial charge is 0.260 e. The Kier molecular flexibility index (Phi) is 4.63. The highest BCUT2D eigenvalue weighted by molar-refractivity contribution is 6.05. The monoisotopic (exact) mass is 389 g/mol. The number of amides is 1. The summed E-state index contributed by atoms with van der Waals surface area (Å²) in [5.41, 5.74) is 2.19. The van der Waals surface area contributed by atoms with Gasteiger partial charge < -0.3 is 9.88 Å². The molecule has 0 radical (unpaired) electrons. The molecule has 0 aliphatic carbocycles. The van der Waals surface area contributed by atoms with Gasteiger partial charge in [0.1, 0.15) is 0 Å². The van der Waals surface area contributed by atoms with Gasteiger partial charge in [-0.05, 0) is 49.4 Å². The first-order valence-corrected chi connectivity index (χ1v) is 9.09. The summed E-state index contributed by atoms with van der Waals surface area (Å²) in [4.78, 5) is 30.6. The van der Waals surface area contributed by atoms with Crippen LogP contribution >= 0.6 is 0 Å². The summed E-state index contributed by atoms with van der Waals surface area (Å²) in [7, 11) is 1.64. The zero-order valence-electron chi connectivity index (χ0n) is 16.2. The number of carbonyl (C=O) groups excluding carboxylic acids is 1. The summed E-state index contributed by atoms with van der Waals surface area (Å²) in [5.74, 6) is 0.221. The van der Waals surface area contributed by atoms with Crippen LogP contribution in [0.3, 0.4) is 0 Å². The van der Waals surface area contributed by atoms with Gasteiger partial charge in [-0.3, -0.25) is 9.59 Å². The Morgan fingerprint density at radius 1 is 1.10 bits per heavy atom. The van der Waals surface area contributed by atoms with E-state index in [9.17, 15) is 9.59 Å². The number of aromatic nitrogens is 6. The van der Waals surface area contributed by atoms with Crippen LogP contribution in [-0.2, 0) is 7.05 Å². The van der Waals surface area contributed by atoms with E-state index < -0.39 is 0 Å². The lowest BCUT2D eigenvalue weighted by Crippen LogP contribution is -2.17. The highest BCUT2D eigenvalue weighted by Crippen LogP contribution is 2.18. The zero-order chi connectivity index (χ0) is 20.5. The van der Waals surface area contributed by atoms with E-state index in [1.54, 1.807) is 49.5 Å². The molecule has 0 aliphatic heterocycles. The fraction of sp³-hybridized carbons (Fsp3) is 0.200. The number of anilines is 1. The van der Waals surface area contributed by atoms with E-state index in [4.69, 9.17) is 0 Å². The Bertz CT molecular complexity index is 1260. The molecule has 0 fully saturated rings. The number of benzene rings is 2. The van der Waals surface area contributed by atoms with Crippen LogP contribution < -0.4 is 10.9 Å². The summed E-state index contributed by atoms with van der Waals surface area (Å²) in [5, 5.41) is 15.6. The summed E-state index contributed by atoms with van der Waals surface area (Å²) in [6.45, 7) is 3.94. The molecule has 146 valence electrons. The van der Waals surface area contributed by atoms with Crippen molar-refractivity contribution in [2.45, 2.75) is 19.9 Å². The van der Waals surface area contributed by atoms with Crippen molar-refractivity contribution in [3.8, 4) is 11.4 Å². The Balaban J connectivity index is 1.54. The van der Waals surface area contributed by atoms with Crippen LogP contribution in [0.15, 0.2) is 53.6 Å². The van der Waals surface area contributed by atoms with Crippen molar-refractivity contribution in [1.29, 1.82) is 0 Å². The van der Waals surface area contributed by atoms with Crippen LogP contribution in [0.4, 0.5) is 5.69 Å². The van der Waals surface area contributed by atoms with Crippen LogP contribution in [0.2, 0.25) is 0 Å². The first-order chi connectivity index (χ1) is 13.9. The molecule has 2 aromatic carbocycles. The second-order valence-electron chi connectivity index (χ2n) is 6.95. The molecule has 0 saturated heterocycles. The first-order valence-electron chi connectivity index (χ1n) is 9.09. The average Bonchev–Trinajstić information content (AvgIpc) is 3.22. The average molecular weight is 389 g/mol. The normalized spacial score (nSPS) is 11.2. The van der Waals surface area contributed by atoms with Crippen LogP contribution in [0.25, 0.3) is 22.3 Å². The minimum Gasteiger partial charge on any atom is -0.322 e. The van der Waals surface area contributed by atoms with Crippen molar-refractivity contribution in [2.24, 2.45) is 7.05 Å². The number of fused-ring (bicyclic) bond motifs is 1. The third-order valence-corrected chi connectivity index (χ3v) is 4.47. The maximum absolute atomic E-state index is 12.6. The second kappa shape index (κ2) is 7.27. The molecule has 0 spiro atoms. The summed E-state index contributed by atoms with van der Waals surface area (Å²) >= 11 is 0. The topological polar surface area (TPSA) is 108 Å². The molecule has 0 bridgehead atoms. The first kappa shape index (κ1) is 18.5. The molecule has 1 amide bonds. The Morgan fingerprint density at radius 2 is 1.86 bits per heavy atom. The number of hydrogen-bond donors (Lipinski definition) is 1. The highest BCUT2D eigenvalue weighted by atomic mass is 16.1. The van der Waals surface area contributed by atoms with E-state index >= 15 is 0 Å². The molecule has 0 aliphatic rings. The lowest BCUT2D eigenvalue weighted by atomic mass is 10.1. The SMILES string of the molecule is CC(C)n1nnc(-c2ccc(C(=O)Nc3ccc4ncn(C)c(=O)c4c3)cc2)n1. The van der Waals surface area contributed by atoms with Gasteiger partial charge in [-0.1, -0.05) is 12.1 Å². The summed E-state index contributed by atoms with van der Waals surface area (Å²) < 4.78 is 1.40. The summed E-state index contributed by atoms with van der Waals surface area (Å²) in [6.07, 6.45) is 1.47. The predicted octanol–water partition coefficient (Wildman–Crippen LogP) is 2.42. The number of nitrogens with one attached hydrogen (secondary N) is 1. The lowest BCUT2D eigenvalue weighted by Gasteiger charge is -2.07. The quantitative estimate of drug-likeness (QED) is 0.574. The standard InChI is InChI=1S/C20H19N7O2/c1-12(2)27-24-18(23-25-27)13-4-6-14(7-5-13)19(28)22-15-8-9-17-16(10-15)20(29)26(3)11-21-17/h4-12H,1-3H3,(H,22,28). The Hall–Kier alpha value is -3.88. The number of aryl methyl sites for hydroxylation is 1. The van der Waals surface area contributed by atoms with Crippen molar-refractivity contribution >= 4 is 22.5 Å². The molecular weight excluding hydrogens is 370 g/mol. The van der Waals surface area contributed by atoms with Crippen LogP contribution in [0, 0.1) is 0 Å². The molecule has 29 heavy (non-hydrogen) atoms. The van der Waals surface area contributed by atoms with Crippen molar-refractivity contribution in [3.63, 3.8) is 0 Å². The van der Waals surface area contributed by atoms with Gasteiger partial charge in [-0.2, -0.15) is 4.80 Å². The summed E-state index contributed by atoms with van der Waals surface area (Å²) in [6, 6.07) is 12.1. The molecular formula is C20H19N7O2. The maximum Gasteiger partial charge on any atom is 0.260 e.